The molecule has 0 spiro atoms. The summed E-state index contributed by atoms with van der Waals surface area (Å²) in [5.41, 5.74) is 1.86. The number of aliphatic imine (C=N–C) groups is 1. The van der Waals surface area contributed by atoms with E-state index in [9.17, 15) is 4.79 Å². The quantitative estimate of drug-likeness (QED) is 0.508. The van der Waals surface area contributed by atoms with Crippen molar-refractivity contribution >= 4 is 17.7 Å². The van der Waals surface area contributed by atoms with Crippen molar-refractivity contribution < 1.29 is 9.53 Å². The van der Waals surface area contributed by atoms with Gasteiger partial charge in [-0.2, -0.15) is 10.1 Å². The molecule has 1 N–H and O–H groups in total. The monoisotopic (exact) mass is 241 g/mol. The molecule has 0 aliphatic rings. The number of aromatic amines is 1. The Morgan fingerprint density at radius 3 is 2.89 bits per heavy atom. The molecule has 5 nitrogen and oxygen atoms in total. The predicted octanol–water partition coefficient (Wildman–Crippen LogP) is 2.14. The van der Waals surface area contributed by atoms with Gasteiger partial charge >= 0.3 is 0 Å². The third-order valence-electron chi connectivity index (χ3n) is 2.27. The van der Waals surface area contributed by atoms with Gasteiger partial charge in [0, 0.05) is 6.07 Å². The van der Waals surface area contributed by atoms with Crippen LogP contribution in [0.5, 0.6) is 0 Å². The van der Waals surface area contributed by atoms with E-state index in [4.69, 9.17) is 4.74 Å². The number of ether oxygens (including phenoxy) is 1. The summed E-state index contributed by atoms with van der Waals surface area (Å²) >= 11 is 0. The Hall–Kier alpha value is -2.65. The summed E-state index contributed by atoms with van der Waals surface area (Å²) in [6.45, 7) is 0. The van der Waals surface area contributed by atoms with Gasteiger partial charge in [0.25, 0.3) is 0 Å². The minimum Gasteiger partial charge on any atom is -0.480 e. The largest absolute Gasteiger partial charge is 0.480 e. The molecule has 1 heterocycles. The maximum Gasteiger partial charge on any atom is 0.226 e. The van der Waals surface area contributed by atoms with Crippen LogP contribution in [0.25, 0.3) is 11.3 Å². The van der Waals surface area contributed by atoms with Crippen LogP contribution in [0, 0.1) is 0 Å². The van der Waals surface area contributed by atoms with Crippen LogP contribution in [-0.4, -0.2) is 29.1 Å². The molecule has 0 fully saturated rings. The second kappa shape index (κ2) is 5.61. The van der Waals surface area contributed by atoms with E-state index in [1.54, 1.807) is 12.0 Å². The molecular formula is C13H11N3O2. The minimum atomic E-state index is 0.163. The number of rotatable bonds is 3. The highest BCUT2D eigenvalue weighted by atomic mass is 16.5. The maximum atomic E-state index is 10.2. The summed E-state index contributed by atoms with van der Waals surface area (Å²) in [5, 5.41) is 6.89. The molecule has 0 saturated heterocycles. The number of benzene rings is 1. The second-order valence-corrected chi connectivity index (χ2v) is 3.42. The van der Waals surface area contributed by atoms with Gasteiger partial charge in [0.1, 0.15) is 5.94 Å². The minimum absolute atomic E-state index is 0.163. The Labute approximate surface area is 104 Å². The lowest BCUT2D eigenvalue weighted by Gasteiger charge is -1.94. The molecule has 0 atom stereocenters. The van der Waals surface area contributed by atoms with E-state index in [0.717, 1.165) is 17.3 Å². The lowest BCUT2D eigenvalue weighted by Crippen LogP contribution is -1.95. The molecule has 18 heavy (non-hydrogen) atoms. The number of hydrogen-bond donors (Lipinski definition) is 1. The molecule has 2 aromatic rings. The zero-order chi connectivity index (χ0) is 12.8. The first-order valence-electron chi connectivity index (χ1n) is 5.28. The molecule has 0 unspecified atom stereocenters. The smallest absolute Gasteiger partial charge is 0.226 e. The first-order chi connectivity index (χ1) is 8.83. The fraction of sp³-hybridized carbons (Fsp3) is 0.0769. The lowest BCUT2D eigenvalue weighted by molar-refractivity contribution is 0.407. The zero-order valence-corrected chi connectivity index (χ0v) is 9.75. The van der Waals surface area contributed by atoms with Crippen LogP contribution in [0.4, 0.5) is 5.82 Å². The van der Waals surface area contributed by atoms with Gasteiger partial charge in [-0.25, -0.2) is 4.79 Å². The van der Waals surface area contributed by atoms with Gasteiger partial charge in [0.05, 0.1) is 18.9 Å². The van der Waals surface area contributed by atoms with Gasteiger partial charge < -0.3 is 4.74 Å². The van der Waals surface area contributed by atoms with Crippen LogP contribution >= 0.6 is 0 Å². The number of carbonyl (C=O) groups excluding carboxylic acids is 1. The normalized spacial score (nSPS) is 10.8. The molecule has 5 heteroatoms. The molecule has 0 amide bonds. The summed E-state index contributed by atoms with van der Waals surface area (Å²) in [7, 11) is 1.43. The van der Waals surface area contributed by atoms with E-state index in [1.165, 1.54) is 7.11 Å². The molecular weight excluding hydrogens is 230 g/mol. The van der Waals surface area contributed by atoms with Crippen LogP contribution in [0.15, 0.2) is 47.5 Å². The number of nitrogens with one attached hydrogen (secondary N) is 1. The SMILES string of the molecule is COC(C=C=O)=Nc1cc(-c2ccccc2)[nH]n1. The summed E-state index contributed by atoms with van der Waals surface area (Å²) in [6, 6.07) is 11.5. The second-order valence-electron chi connectivity index (χ2n) is 3.42. The highest BCUT2D eigenvalue weighted by molar-refractivity contribution is 5.95. The predicted molar refractivity (Wildman–Crippen MR) is 68.4 cm³/mol. The number of aromatic nitrogens is 2. The molecule has 1 aromatic carbocycles. The summed E-state index contributed by atoms with van der Waals surface area (Å²) in [5.74, 6) is 2.21. The van der Waals surface area contributed by atoms with Crippen molar-refractivity contribution in [2.75, 3.05) is 7.11 Å². The Bertz CT molecular complexity index is 596. The van der Waals surface area contributed by atoms with Crippen molar-refractivity contribution in [1.29, 1.82) is 0 Å². The standard InChI is InChI=1S/C13H11N3O2/c1-18-13(7-8-17)14-12-9-11(15-16-12)10-5-3-2-4-6-10/h2-7,9H,1H3,(H,15,16). The topological polar surface area (TPSA) is 67.3 Å². The average Bonchev–Trinajstić information content (AvgIpc) is 2.88. The average molecular weight is 241 g/mol. The molecule has 0 saturated carbocycles. The fourth-order valence-corrected chi connectivity index (χ4v) is 1.43. The Kier molecular flexibility index (Phi) is 3.69. The Morgan fingerprint density at radius 2 is 2.22 bits per heavy atom. The van der Waals surface area contributed by atoms with E-state index < -0.39 is 0 Å². The first kappa shape index (κ1) is 11.8. The third-order valence-corrected chi connectivity index (χ3v) is 2.27. The number of hydrogen-bond acceptors (Lipinski definition) is 4. The van der Waals surface area contributed by atoms with Crippen LogP contribution in [0.3, 0.4) is 0 Å². The van der Waals surface area contributed by atoms with E-state index >= 15 is 0 Å². The summed E-state index contributed by atoms with van der Waals surface area (Å²) < 4.78 is 4.89. The van der Waals surface area contributed by atoms with Crippen LogP contribution < -0.4 is 0 Å². The van der Waals surface area contributed by atoms with Crippen molar-refractivity contribution in [3.05, 3.63) is 42.5 Å². The van der Waals surface area contributed by atoms with Crippen molar-refractivity contribution in [1.82, 2.24) is 10.2 Å². The Balaban J connectivity index is 2.29. The molecule has 0 radical (unpaired) electrons. The highest BCUT2D eigenvalue weighted by Crippen LogP contribution is 2.20. The number of nitrogens with zero attached hydrogens (tertiary/aromatic N) is 2. The summed E-state index contributed by atoms with van der Waals surface area (Å²) in [4.78, 5) is 14.3. The van der Waals surface area contributed by atoms with Gasteiger partial charge in [0.2, 0.25) is 5.90 Å². The highest BCUT2D eigenvalue weighted by Gasteiger charge is 2.03. The van der Waals surface area contributed by atoms with Crippen molar-refractivity contribution in [2.45, 2.75) is 0 Å². The molecule has 0 aliphatic carbocycles. The molecule has 0 aliphatic heterocycles. The van der Waals surface area contributed by atoms with Gasteiger partial charge in [-0.3, -0.25) is 5.10 Å². The van der Waals surface area contributed by atoms with Crippen molar-refractivity contribution in [3.63, 3.8) is 0 Å². The van der Waals surface area contributed by atoms with E-state index in [2.05, 4.69) is 15.2 Å². The number of methoxy groups -OCH3 is 1. The lowest BCUT2D eigenvalue weighted by atomic mass is 10.2. The molecule has 90 valence electrons. The Morgan fingerprint density at radius 1 is 1.44 bits per heavy atom. The van der Waals surface area contributed by atoms with Crippen LogP contribution in [-0.2, 0) is 9.53 Å². The molecule has 1 aromatic heterocycles. The summed E-state index contributed by atoms with van der Waals surface area (Å²) in [6.07, 6.45) is 1.11. The molecule has 2 rings (SSSR count). The van der Waals surface area contributed by atoms with E-state index in [1.807, 2.05) is 30.3 Å². The van der Waals surface area contributed by atoms with Gasteiger partial charge in [-0.15, -0.1) is 0 Å². The van der Waals surface area contributed by atoms with Crippen LogP contribution in [0.1, 0.15) is 0 Å². The zero-order valence-electron chi connectivity index (χ0n) is 9.75. The maximum absolute atomic E-state index is 10.2. The fourth-order valence-electron chi connectivity index (χ4n) is 1.43. The van der Waals surface area contributed by atoms with Gasteiger partial charge in [-0.1, -0.05) is 30.3 Å². The van der Waals surface area contributed by atoms with E-state index in [-0.39, 0.29) is 5.90 Å². The number of H-pyrrole nitrogens is 1. The third kappa shape index (κ3) is 2.72. The van der Waals surface area contributed by atoms with Crippen molar-refractivity contribution in [3.8, 4) is 11.3 Å². The van der Waals surface area contributed by atoms with Crippen molar-refractivity contribution in [2.24, 2.45) is 4.99 Å². The van der Waals surface area contributed by atoms with Gasteiger partial charge in [0.15, 0.2) is 5.82 Å². The van der Waals surface area contributed by atoms with Gasteiger partial charge in [-0.05, 0) is 5.56 Å². The molecule has 0 bridgehead atoms. The van der Waals surface area contributed by atoms with E-state index in [0.29, 0.717) is 5.82 Å². The first-order valence-corrected chi connectivity index (χ1v) is 5.28. The van der Waals surface area contributed by atoms with Crippen LogP contribution in [0.2, 0.25) is 0 Å².